The minimum Gasteiger partial charge on any atom is -0.412 e. The van der Waals surface area contributed by atoms with Crippen LogP contribution < -0.4 is 0 Å². The summed E-state index contributed by atoms with van der Waals surface area (Å²) in [6.07, 6.45) is 2.96. The lowest BCUT2D eigenvalue weighted by molar-refractivity contribution is 0.824. The van der Waals surface area contributed by atoms with Crippen LogP contribution in [0.2, 0.25) is 0 Å². The lowest BCUT2D eigenvalue weighted by Gasteiger charge is -2.01. The molecule has 0 bridgehead atoms. The molecule has 92 valence electrons. The molecule has 2 nitrogen and oxygen atoms in total. The summed E-state index contributed by atoms with van der Waals surface area (Å²) in [6, 6.07) is 15.1. The largest absolute Gasteiger partial charge is 0.412 e. The Hall–Kier alpha value is -1.71. The van der Waals surface area contributed by atoms with Crippen LogP contribution in [0.15, 0.2) is 48.7 Å². The van der Waals surface area contributed by atoms with Gasteiger partial charge in [-0.05, 0) is 23.3 Å². The van der Waals surface area contributed by atoms with E-state index in [1.807, 2.05) is 6.20 Å². The molecule has 0 aliphatic rings. The SMILES string of the molecule is Cc1ncc(Cc2ccc3ccccc3c2)s1.O. The van der Waals surface area contributed by atoms with Crippen molar-refractivity contribution in [1.29, 1.82) is 0 Å². The predicted molar refractivity (Wildman–Crippen MR) is 77.2 cm³/mol. The number of hydrogen-bond acceptors (Lipinski definition) is 2. The summed E-state index contributed by atoms with van der Waals surface area (Å²) in [5, 5.41) is 3.75. The van der Waals surface area contributed by atoms with Crippen molar-refractivity contribution in [3.05, 3.63) is 64.1 Å². The number of aromatic nitrogens is 1. The van der Waals surface area contributed by atoms with E-state index in [1.54, 1.807) is 11.3 Å². The van der Waals surface area contributed by atoms with E-state index in [-0.39, 0.29) is 5.48 Å². The third kappa shape index (κ3) is 2.58. The van der Waals surface area contributed by atoms with E-state index in [0.717, 1.165) is 11.4 Å². The van der Waals surface area contributed by atoms with Crippen molar-refractivity contribution in [2.75, 3.05) is 0 Å². The van der Waals surface area contributed by atoms with Crippen molar-refractivity contribution < 1.29 is 5.48 Å². The second-order valence-corrected chi connectivity index (χ2v) is 5.52. The molecule has 2 aromatic carbocycles. The fraction of sp³-hybridized carbons (Fsp3) is 0.133. The summed E-state index contributed by atoms with van der Waals surface area (Å²) in [6.45, 7) is 2.05. The number of nitrogens with zero attached hydrogens (tertiary/aromatic N) is 1. The third-order valence-electron chi connectivity index (χ3n) is 2.86. The first-order chi connectivity index (χ1) is 8.31. The maximum atomic E-state index is 4.29. The number of fused-ring (bicyclic) bond motifs is 1. The van der Waals surface area contributed by atoms with Gasteiger partial charge in [0.2, 0.25) is 0 Å². The van der Waals surface area contributed by atoms with E-state index >= 15 is 0 Å². The van der Waals surface area contributed by atoms with Gasteiger partial charge >= 0.3 is 0 Å². The highest BCUT2D eigenvalue weighted by Gasteiger charge is 2.01. The highest BCUT2D eigenvalue weighted by Crippen LogP contribution is 2.20. The topological polar surface area (TPSA) is 44.4 Å². The van der Waals surface area contributed by atoms with Crippen LogP contribution in [0.4, 0.5) is 0 Å². The standard InChI is InChI=1S/C15H13NS.H2O/c1-11-16-10-15(17-11)9-12-6-7-13-4-2-3-5-14(13)8-12;/h2-8,10H,9H2,1H3;1H2. The average Bonchev–Trinajstić information content (AvgIpc) is 2.75. The molecule has 3 rings (SSSR count). The van der Waals surface area contributed by atoms with Crippen LogP contribution in [0.1, 0.15) is 15.4 Å². The maximum Gasteiger partial charge on any atom is 0.0896 e. The van der Waals surface area contributed by atoms with Crippen molar-refractivity contribution in [2.45, 2.75) is 13.3 Å². The van der Waals surface area contributed by atoms with E-state index in [1.165, 1.54) is 21.2 Å². The van der Waals surface area contributed by atoms with E-state index in [2.05, 4.69) is 54.4 Å². The summed E-state index contributed by atoms with van der Waals surface area (Å²) in [7, 11) is 0. The number of hydrogen-bond donors (Lipinski definition) is 0. The van der Waals surface area contributed by atoms with Crippen LogP contribution in [0.3, 0.4) is 0 Å². The van der Waals surface area contributed by atoms with Gasteiger partial charge in [0, 0.05) is 17.5 Å². The van der Waals surface area contributed by atoms with Gasteiger partial charge in [-0.2, -0.15) is 0 Å². The lowest BCUT2D eigenvalue weighted by atomic mass is 10.0. The minimum atomic E-state index is 0. The Kier molecular flexibility index (Phi) is 3.75. The van der Waals surface area contributed by atoms with E-state index < -0.39 is 0 Å². The molecule has 0 fully saturated rings. The zero-order chi connectivity index (χ0) is 11.7. The summed E-state index contributed by atoms with van der Waals surface area (Å²) < 4.78 is 0. The first kappa shape index (κ1) is 12.7. The first-order valence-corrected chi connectivity index (χ1v) is 6.52. The molecular weight excluding hydrogens is 242 g/mol. The second kappa shape index (κ2) is 5.29. The molecule has 0 saturated carbocycles. The zero-order valence-electron chi connectivity index (χ0n) is 10.2. The molecule has 0 spiro atoms. The van der Waals surface area contributed by atoms with Gasteiger partial charge in [-0.25, -0.2) is 4.98 Å². The van der Waals surface area contributed by atoms with Gasteiger partial charge in [0.05, 0.1) is 5.01 Å². The molecular formula is C15H15NOS. The molecule has 18 heavy (non-hydrogen) atoms. The summed E-state index contributed by atoms with van der Waals surface area (Å²) >= 11 is 1.78. The Morgan fingerprint density at radius 3 is 2.56 bits per heavy atom. The van der Waals surface area contributed by atoms with E-state index in [4.69, 9.17) is 0 Å². The van der Waals surface area contributed by atoms with Gasteiger partial charge < -0.3 is 5.48 Å². The number of aryl methyl sites for hydroxylation is 1. The summed E-state index contributed by atoms with van der Waals surface area (Å²) in [5.41, 5.74) is 1.35. The quantitative estimate of drug-likeness (QED) is 0.694. The Bertz CT molecular complexity index is 660. The van der Waals surface area contributed by atoms with Gasteiger partial charge in [0.15, 0.2) is 0 Å². The van der Waals surface area contributed by atoms with Gasteiger partial charge in [0.1, 0.15) is 0 Å². The lowest BCUT2D eigenvalue weighted by Crippen LogP contribution is -1.84. The van der Waals surface area contributed by atoms with E-state index in [0.29, 0.717) is 0 Å². The molecule has 3 heteroatoms. The van der Waals surface area contributed by atoms with Crippen molar-refractivity contribution in [3.8, 4) is 0 Å². The molecule has 1 heterocycles. The Morgan fingerprint density at radius 2 is 1.83 bits per heavy atom. The monoisotopic (exact) mass is 257 g/mol. The van der Waals surface area contributed by atoms with Gasteiger partial charge in [-0.15, -0.1) is 11.3 Å². The van der Waals surface area contributed by atoms with Crippen molar-refractivity contribution >= 4 is 22.1 Å². The molecule has 0 radical (unpaired) electrons. The molecule has 3 aromatic rings. The van der Waals surface area contributed by atoms with Gasteiger partial charge in [-0.3, -0.25) is 0 Å². The predicted octanol–water partition coefficient (Wildman–Crippen LogP) is 3.37. The van der Waals surface area contributed by atoms with Crippen LogP contribution in [0.5, 0.6) is 0 Å². The van der Waals surface area contributed by atoms with Crippen LogP contribution in [-0.4, -0.2) is 10.5 Å². The van der Waals surface area contributed by atoms with Crippen molar-refractivity contribution in [2.24, 2.45) is 0 Å². The van der Waals surface area contributed by atoms with Crippen LogP contribution >= 0.6 is 11.3 Å². The summed E-state index contributed by atoms with van der Waals surface area (Å²) in [4.78, 5) is 5.62. The fourth-order valence-corrected chi connectivity index (χ4v) is 2.87. The molecule has 2 N–H and O–H groups in total. The maximum absolute atomic E-state index is 4.29. The minimum absolute atomic E-state index is 0. The van der Waals surface area contributed by atoms with Gasteiger partial charge in [-0.1, -0.05) is 42.5 Å². The molecule has 0 aliphatic heterocycles. The smallest absolute Gasteiger partial charge is 0.0896 e. The van der Waals surface area contributed by atoms with Crippen LogP contribution in [0.25, 0.3) is 10.8 Å². The summed E-state index contributed by atoms with van der Waals surface area (Å²) in [5.74, 6) is 0. The fourth-order valence-electron chi connectivity index (χ4n) is 2.04. The molecule has 0 amide bonds. The average molecular weight is 257 g/mol. The van der Waals surface area contributed by atoms with E-state index in [9.17, 15) is 0 Å². The Labute approximate surface area is 110 Å². The molecule has 0 aliphatic carbocycles. The number of benzene rings is 2. The normalized spacial score (nSPS) is 10.3. The van der Waals surface area contributed by atoms with Crippen LogP contribution in [-0.2, 0) is 6.42 Å². The zero-order valence-corrected chi connectivity index (χ0v) is 11.0. The first-order valence-electron chi connectivity index (χ1n) is 5.70. The number of thiazole rings is 1. The number of rotatable bonds is 2. The third-order valence-corrected chi connectivity index (χ3v) is 3.77. The Balaban J connectivity index is 0.00000120. The van der Waals surface area contributed by atoms with Crippen molar-refractivity contribution in [1.82, 2.24) is 4.98 Å². The highest BCUT2D eigenvalue weighted by atomic mass is 32.1. The van der Waals surface area contributed by atoms with Gasteiger partial charge in [0.25, 0.3) is 0 Å². The molecule has 0 saturated heterocycles. The Morgan fingerprint density at radius 1 is 1.06 bits per heavy atom. The molecule has 1 aromatic heterocycles. The molecule has 0 atom stereocenters. The van der Waals surface area contributed by atoms with Crippen LogP contribution in [0, 0.1) is 6.92 Å². The van der Waals surface area contributed by atoms with Crippen molar-refractivity contribution in [3.63, 3.8) is 0 Å². The second-order valence-electron chi connectivity index (χ2n) is 4.20. The molecule has 0 unspecified atom stereocenters. The highest BCUT2D eigenvalue weighted by molar-refractivity contribution is 7.11.